The van der Waals surface area contributed by atoms with E-state index in [1.165, 1.54) is 17.0 Å². The molecule has 2 aromatic rings. The first-order chi connectivity index (χ1) is 15.8. The van der Waals surface area contributed by atoms with Crippen LogP contribution >= 0.6 is 23.2 Å². The minimum Gasteiger partial charge on any atom is -0.354 e. The molecular weight excluding hydrogens is 497 g/mol. The highest BCUT2D eigenvalue weighted by Crippen LogP contribution is 2.33. The maximum atomic E-state index is 13.5. The summed E-state index contributed by atoms with van der Waals surface area (Å²) >= 11 is 12.3. The number of halogens is 2. The van der Waals surface area contributed by atoms with Crippen LogP contribution in [0.4, 0.5) is 5.69 Å². The lowest BCUT2D eigenvalue weighted by molar-refractivity contribution is -0.139. The minimum atomic E-state index is -3.89. The van der Waals surface area contributed by atoms with Crippen molar-refractivity contribution < 1.29 is 18.0 Å². The third kappa shape index (κ3) is 7.61. The fraction of sp³-hybridized carbons (Fsp3) is 0.417. The molecular formula is C24H31Cl2N3O4S. The summed E-state index contributed by atoms with van der Waals surface area (Å²) in [6.45, 7) is 7.58. The number of benzene rings is 2. The standard InChI is InChI=1S/C24H31Cl2N3O4S/c1-16(2)13-27-24(31)18(4)28(14-19-11-9-17(3)10-12-19)22(30)15-29(34(5,32)33)21-8-6-7-20(25)23(21)26/h6-12,16,18H,13-15H2,1-5H3,(H,27,31)/t18-/m1/s1. The first-order valence-electron chi connectivity index (χ1n) is 10.9. The van der Waals surface area contributed by atoms with Crippen LogP contribution in [0.5, 0.6) is 0 Å². The van der Waals surface area contributed by atoms with Crippen molar-refractivity contribution in [3.8, 4) is 0 Å². The predicted molar refractivity (Wildman–Crippen MR) is 138 cm³/mol. The first-order valence-corrected chi connectivity index (χ1v) is 13.5. The van der Waals surface area contributed by atoms with Gasteiger partial charge < -0.3 is 10.2 Å². The van der Waals surface area contributed by atoms with Gasteiger partial charge in [-0.25, -0.2) is 8.42 Å². The normalized spacial score (nSPS) is 12.4. The Balaban J connectivity index is 2.40. The molecule has 0 saturated carbocycles. The summed E-state index contributed by atoms with van der Waals surface area (Å²) in [6, 6.07) is 11.3. The summed E-state index contributed by atoms with van der Waals surface area (Å²) in [6.07, 6.45) is 0.987. The maximum absolute atomic E-state index is 13.5. The van der Waals surface area contributed by atoms with E-state index in [-0.39, 0.29) is 34.1 Å². The van der Waals surface area contributed by atoms with Crippen molar-refractivity contribution in [1.29, 1.82) is 0 Å². The van der Waals surface area contributed by atoms with Crippen LogP contribution in [0.1, 0.15) is 31.9 Å². The molecule has 0 aliphatic rings. The number of hydrogen-bond donors (Lipinski definition) is 1. The molecule has 0 radical (unpaired) electrons. The lowest BCUT2D eigenvalue weighted by Crippen LogP contribution is -2.51. The Morgan fingerprint density at radius 3 is 2.21 bits per heavy atom. The molecule has 0 saturated heterocycles. The molecule has 1 N–H and O–H groups in total. The van der Waals surface area contributed by atoms with Crippen LogP contribution < -0.4 is 9.62 Å². The number of aryl methyl sites for hydroxylation is 1. The third-order valence-electron chi connectivity index (χ3n) is 5.20. The molecule has 0 fully saturated rings. The molecule has 0 heterocycles. The average molecular weight is 529 g/mol. The van der Waals surface area contributed by atoms with Gasteiger partial charge in [0.1, 0.15) is 12.6 Å². The number of rotatable bonds is 10. The van der Waals surface area contributed by atoms with Gasteiger partial charge in [0.2, 0.25) is 21.8 Å². The smallest absolute Gasteiger partial charge is 0.244 e. The molecule has 7 nitrogen and oxygen atoms in total. The molecule has 2 aromatic carbocycles. The number of carbonyl (C=O) groups is 2. The number of anilines is 1. The van der Waals surface area contributed by atoms with Crippen LogP contribution in [-0.2, 0) is 26.2 Å². The minimum absolute atomic E-state index is 0.0233. The van der Waals surface area contributed by atoms with Crippen LogP contribution in [0.3, 0.4) is 0 Å². The van der Waals surface area contributed by atoms with Gasteiger partial charge >= 0.3 is 0 Å². The highest BCUT2D eigenvalue weighted by atomic mass is 35.5. The van der Waals surface area contributed by atoms with Gasteiger partial charge in [-0.1, -0.05) is 72.9 Å². The molecule has 0 unspecified atom stereocenters. The number of sulfonamides is 1. The Bertz CT molecular complexity index is 1120. The Hall–Kier alpha value is -2.29. The zero-order chi connectivity index (χ0) is 25.6. The zero-order valence-electron chi connectivity index (χ0n) is 20.0. The Kier molecular flexibility index (Phi) is 9.79. The molecule has 0 aliphatic carbocycles. The van der Waals surface area contributed by atoms with E-state index in [1.807, 2.05) is 45.0 Å². The summed E-state index contributed by atoms with van der Waals surface area (Å²) in [4.78, 5) is 27.7. The van der Waals surface area contributed by atoms with E-state index in [0.717, 1.165) is 21.7 Å². The van der Waals surface area contributed by atoms with E-state index in [2.05, 4.69) is 5.32 Å². The van der Waals surface area contributed by atoms with Gasteiger partial charge in [-0.15, -0.1) is 0 Å². The highest BCUT2D eigenvalue weighted by Gasteiger charge is 2.31. The van der Waals surface area contributed by atoms with Crippen molar-refractivity contribution in [1.82, 2.24) is 10.2 Å². The summed E-state index contributed by atoms with van der Waals surface area (Å²) in [5.74, 6) is -0.627. The van der Waals surface area contributed by atoms with Crippen molar-refractivity contribution in [2.75, 3.05) is 23.7 Å². The van der Waals surface area contributed by atoms with Gasteiger partial charge in [-0.05, 0) is 37.5 Å². The lowest BCUT2D eigenvalue weighted by Gasteiger charge is -2.32. The van der Waals surface area contributed by atoms with Crippen LogP contribution in [0.25, 0.3) is 0 Å². The molecule has 0 bridgehead atoms. The summed E-state index contributed by atoms with van der Waals surface area (Å²) in [5, 5.41) is 3.03. The van der Waals surface area contributed by atoms with Gasteiger partial charge in [0.15, 0.2) is 0 Å². The molecule has 2 rings (SSSR count). The Labute approximate surface area is 212 Å². The summed E-state index contributed by atoms with van der Waals surface area (Å²) in [7, 11) is -3.89. The van der Waals surface area contributed by atoms with Gasteiger partial charge in [0.25, 0.3) is 0 Å². The average Bonchev–Trinajstić information content (AvgIpc) is 2.76. The van der Waals surface area contributed by atoms with E-state index in [0.29, 0.717) is 6.54 Å². The molecule has 10 heteroatoms. The van der Waals surface area contributed by atoms with Gasteiger partial charge in [-0.3, -0.25) is 13.9 Å². The number of amides is 2. The van der Waals surface area contributed by atoms with Gasteiger partial charge in [0, 0.05) is 13.1 Å². The van der Waals surface area contributed by atoms with Gasteiger partial charge in [-0.2, -0.15) is 0 Å². The quantitative estimate of drug-likeness (QED) is 0.500. The molecule has 34 heavy (non-hydrogen) atoms. The topological polar surface area (TPSA) is 86.8 Å². The summed E-state index contributed by atoms with van der Waals surface area (Å²) < 4.78 is 26.1. The van der Waals surface area contributed by atoms with Gasteiger partial charge in [0.05, 0.1) is 22.0 Å². The largest absolute Gasteiger partial charge is 0.354 e. The summed E-state index contributed by atoms with van der Waals surface area (Å²) in [5.41, 5.74) is 1.97. The predicted octanol–water partition coefficient (Wildman–Crippen LogP) is 4.26. The molecule has 0 aromatic heterocycles. The van der Waals surface area contributed by atoms with Crippen LogP contribution in [0.2, 0.25) is 10.0 Å². The van der Waals surface area contributed by atoms with Crippen LogP contribution in [0, 0.1) is 12.8 Å². The molecule has 0 aliphatic heterocycles. The third-order valence-corrected chi connectivity index (χ3v) is 7.14. The number of nitrogens with zero attached hydrogens (tertiary/aromatic N) is 2. The van der Waals surface area contributed by atoms with E-state index in [1.54, 1.807) is 13.0 Å². The monoisotopic (exact) mass is 527 g/mol. The second-order valence-electron chi connectivity index (χ2n) is 8.66. The van der Waals surface area contributed by atoms with Crippen molar-refractivity contribution in [3.05, 3.63) is 63.6 Å². The SMILES string of the molecule is Cc1ccc(CN(C(=O)CN(c2cccc(Cl)c2Cl)S(C)(=O)=O)[C@H](C)C(=O)NCC(C)C)cc1. The number of nitrogens with one attached hydrogen (secondary N) is 1. The first kappa shape index (κ1) is 28.0. The van der Waals surface area contributed by atoms with E-state index in [4.69, 9.17) is 23.2 Å². The molecule has 1 atom stereocenters. The van der Waals surface area contributed by atoms with E-state index in [9.17, 15) is 18.0 Å². The fourth-order valence-electron chi connectivity index (χ4n) is 3.21. The Morgan fingerprint density at radius 2 is 1.65 bits per heavy atom. The molecule has 2 amide bonds. The highest BCUT2D eigenvalue weighted by molar-refractivity contribution is 7.92. The second-order valence-corrected chi connectivity index (χ2v) is 11.4. The van der Waals surface area contributed by atoms with Crippen molar-refractivity contribution in [3.63, 3.8) is 0 Å². The number of carbonyl (C=O) groups excluding carboxylic acids is 2. The van der Waals surface area contributed by atoms with Crippen molar-refractivity contribution >= 4 is 50.7 Å². The van der Waals surface area contributed by atoms with E-state index >= 15 is 0 Å². The van der Waals surface area contributed by atoms with Crippen molar-refractivity contribution in [2.24, 2.45) is 5.92 Å². The van der Waals surface area contributed by atoms with Crippen LogP contribution in [0.15, 0.2) is 42.5 Å². The van der Waals surface area contributed by atoms with Crippen LogP contribution in [-0.4, -0.2) is 50.5 Å². The Morgan fingerprint density at radius 1 is 1.03 bits per heavy atom. The maximum Gasteiger partial charge on any atom is 0.244 e. The fourth-order valence-corrected chi connectivity index (χ4v) is 4.51. The second kappa shape index (κ2) is 11.9. The molecule has 0 spiro atoms. The molecule has 186 valence electrons. The number of hydrogen-bond acceptors (Lipinski definition) is 4. The lowest BCUT2D eigenvalue weighted by atomic mass is 10.1. The zero-order valence-corrected chi connectivity index (χ0v) is 22.3. The van der Waals surface area contributed by atoms with E-state index < -0.39 is 28.5 Å². The van der Waals surface area contributed by atoms with Crippen molar-refractivity contribution in [2.45, 2.75) is 40.3 Å².